The van der Waals surface area contributed by atoms with Crippen LogP contribution in [0.3, 0.4) is 0 Å². The van der Waals surface area contributed by atoms with Crippen molar-refractivity contribution in [1.82, 2.24) is 5.32 Å². The normalized spacial score (nSPS) is 24.6. The molecular formula is C8H15NO3. The summed E-state index contributed by atoms with van der Waals surface area (Å²) in [7, 11) is 0. The molecule has 1 rings (SSSR count). The summed E-state index contributed by atoms with van der Waals surface area (Å²) >= 11 is 0. The van der Waals surface area contributed by atoms with E-state index >= 15 is 0 Å². The molecule has 0 aromatic rings. The first-order chi connectivity index (χ1) is 5.48. The number of hydrogen-bond donors (Lipinski definition) is 3. The standard InChI is InChI=1S/C8H15NO3/c1-5(6(2)10)9-8(3-4-8)7(11)12/h5-6,9-10H,3-4H2,1-2H3,(H,11,12). The molecule has 1 saturated carbocycles. The lowest BCUT2D eigenvalue weighted by Crippen LogP contribution is -2.48. The Morgan fingerprint density at radius 2 is 2.00 bits per heavy atom. The average Bonchev–Trinajstić information content (AvgIpc) is 2.68. The summed E-state index contributed by atoms with van der Waals surface area (Å²) in [5.74, 6) is -0.810. The van der Waals surface area contributed by atoms with Crippen molar-refractivity contribution in [2.45, 2.75) is 44.4 Å². The van der Waals surface area contributed by atoms with Gasteiger partial charge in [0.1, 0.15) is 5.54 Å². The number of aliphatic hydroxyl groups excluding tert-OH is 1. The maximum Gasteiger partial charge on any atom is 0.323 e. The van der Waals surface area contributed by atoms with Gasteiger partial charge in [0.05, 0.1) is 6.10 Å². The summed E-state index contributed by atoms with van der Waals surface area (Å²) in [6, 6.07) is -0.163. The zero-order valence-electron chi connectivity index (χ0n) is 7.37. The predicted octanol–water partition coefficient (Wildman–Crippen LogP) is -0.0375. The molecule has 4 heteroatoms. The van der Waals surface area contributed by atoms with Crippen molar-refractivity contribution in [2.24, 2.45) is 0 Å². The Morgan fingerprint density at radius 3 is 2.25 bits per heavy atom. The SMILES string of the molecule is CC(O)C(C)NC1(C(=O)O)CC1. The molecule has 0 amide bonds. The van der Waals surface area contributed by atoms with Crippen molar-refractivity contribution < 1.29 is 15.0 Å². The monoisotopic (exact) mass is 173 g/mol. The predicted molar refractivity (Wildman–Crippen MR) is 43.9 cm³/mol. The molecule has 0 radical (unpaired) electrons. The van der Waals surface area contributed by atoms with Gasteiger partial charge in [0.2, 0.25) is 0 Å². The zero-order chi connectivity index (χ0) is 9.35. The fraction of sp³-hybridized carbons (Fsp3) is 0.875. The maximum atomic E-state index is 10.7. The van der Waals surface area contributed by atoms with Crippen LogP contribution in [0.5, 0.6) is 0 Å². The summed E-state index contributed by atoms with van der Waals surface area (Å²) in [5.41, 5.74) is -0.740. The molecule has 0 saturated heterocycles. The van der Waals surface area contributed by atoms with E-state index in [0.717, 1.165) is 0 Å². The second-order valence-corrected chi connectivity index (χ2v) is 3.56. The van der Waals surface area contributed by atoms with Gasteiger partial charge in [-0.05, 0) is 26.7 Å². The smallest absolute Gasteiger partial charge is 0.323 e. The van der Waals surface area contributed by atoms with Gasteiger partial charge in [-0.3, -0.25) is 10.1 Å². The number of carbonyl (C=O) groups is 1. The van der Waals surface area contributed by atoms with Crippen LogP contribution in [0.25, 0.3) is 0 Å². The third-order valence-corrected chi connectivity index (χ3v) is 2.39. The summed E-state index contributed by atoms with van der Waals surface area (Å²) in [6.07, 6.45) is 0.820. The highest BCUT2D eigenvalue weighted by Crippen LogP contribution is 2.36. The third kappa shape index (κ3) is 1.76. The molecule has 3 N–H and O–H groups in total. The lowest BCUT2D eigenvalue weighted by Gasteiger charge is -2.21. The van der Waals surface area contributed by atoms with Gasteiger partial charge in [0.15, 0.2) is 0 Å². The highest BCUT2D eigenvalue weighted by Gasteiger charge is 2.51. The van der Waals surface area contributed by atoms with Crippen LogP contribution in [-0.2, 0) is 4.79 Å². The summed E-state index contributed by atoms with van der Waals surface area (Å²) in [5, 5.41) is 20.8. The number of hydrogen-bond acceptors (Lipinski definition) is 3. The van der Waals surface area contributed by atoms with Gasteiger partial charge in [0.25, 0.3) is 0 Å². The van der Waals surface area contributed by atoms with E-state index in [-0.39, 0.29) is 6.04 Å². The Kier molecular flexibility index (Phi) is 2.39. The fourth-order valence-electron chi connectivity index (χ4n) is 1.10. The van der Waals surface area contributed by atoms with Gasteiger partial charge >= 0.3 is 5.97 Å². The second-order valence-electron chi connectivity index (χ2n) is 3.56. The first kappa shape index (κ1) is 9.48. The molecule has 4 nitrogen and oxygen atoms in total. The molecule has 2 atom stereocenters. The molecule has 0 heterocycles. The number of carboxylic acids is 1. The van der Waals surface area contributed by atoms with Gasteiger partial charge < -0.3 is 10.2 Å². The van der Waals surface area contributed by atoms with Gasteiger partial charge in [-0.1, -0.05) is 0 Å². The van der Waals surface area contributed by atoms with Gasteiger partial charge in [0, 0.05) is 6.04 Å². The second kappa shape index (κ2) is 3.03. The highest BCUT2D eigenvalue weighted by atomic mass is 16.4. The van der Waals surface area contributed by atoms with E-state index in [4.69, 9.17) is 10.2 Å². The summed E-state index contributed by atoms with van der Waals surface area (Å²) in [6.45, 7) is 3.43. The molecule has 1 fully saturated rings. The van der Waals surface area contributed by atoms with Crippen LogP contribution >= 0.6 is 0 Å². The molecule has 1 aliphatic carbocycles. The Morgan fingerprint density at radius 1 is 1.50 bits per heavy atom. The highest BCUT2D eigenvalue weighted by molar-refractivity contribution is 5.82. The van der Waals surface area contributed by atoms with Crippen molar-refractivity contribution >= 4 is 5.97 Å². The van der Waals surface area contributed by atoms with Gasteiger partial charge in [-0.2, -0.15) is 0 Å². The van der Waals surface area contributed by atoms with E-state index in [1.54, 1.807) is 13.8 Å². The molecule has 70 valence electrons. The Bertz CT molecular complexity index is 187. The quantitative estimate of drug-likeness (QED) is 0.558. The van der Waals surface area contributed by atoms with Crippen molar-refractivity contribution in [3.63, 3.8) is 0 Å². The van der Waals surface area contributed by atoms with E-state index in [1.807, 2.05) is 0 Å². The first-order valence-corrected chi connectivity index (χ1v) is 4.17. The van der Waals surface area contributed by atoms with Crippen LogP contribution in [0.1, 0.15) is 26.7 Å². The summed E-state index contributed by atoms with van der Waals surface area (Å²) in [4.78, 5) is 10.7. The minimum atomic E-state index is -0.810. The third-order valence-electron chi connectivity index (χ3n) is 2.39. The van der Waals surface area contributed by atoms with Crippen molar-refractivity contribution in [3.8, 4) is 0 Å². The molecule has 0 aromatic heterocycles. The lowest BCUT2D eigenvalue weighted by molar-refractivity contribution is -0.141. The van der Waals surface area contributed by atoms with Crippen LogP contribution in [0.2, 0.25) is 0 Å². The Labute approximate surface area is 71.6 Å². The largest absolute Gasteiger partial charge is 0.480 e. The number of carboxylic acid groups (broad SMARTS) is 1. The molecule has 0 aromatic carbocycles. The van der Waals surface area contributed by atoms with Crippen LogP contribution < -0.4 is 5.32 Å². The zero-order valence-corrected chi connectivity index (χ0v) is 7.37. The first-order valence-electron chi connectivity index (χ1n) is 4.17. The molecule has 0 spiro atoms. The molecule has 0 aliphatic heterocycles. The molecule has 12 heavy (non-hydrogen) atoms. The van der Waals surface area contributed by atoms with Crippen molar-refractivity contribution in [1.29, 1.82) is 0 Å². The molecule has 2 unspecified atom stereocenters. The van der Waals surface area contributed by atoms with Gasteiger partial charge in [-0.25, -0.2) is 0 Å². The fourth-order valence-corrected chi connectivity index (χ4v) is 1.10. The molecular weight excluding hydrogens is 158 g/mol. The minimum absolute atomic E-state index is 0.163. The number of aliphatic hydroxyl groups is 1. The van der Waals surface area contributed by atoms with Crippen LogP contribution in [0, 0.1) is 0 Å². The molecule has 0 bridgehead atoms. The van der Waals surface area contributed by atoms with E-state index in [2.05, 4.69) is 5.32 Å². The summed E-state index contributed by atoms with van der Waals surface area (Å²) < 4.78 is 0. The van der Waals surface area contributed by atoms with E-state index in [9.17, 15) is 4.79 Å². The van der Waals surface area contributed by atoms with Crippen LogP contribution in [-0.4, -0.2) is 33.9 Å². The van der Waals surface area contributed by atoms with Crippen LogP contribution in [0.15, 0.2) is 0 Å². The van der Waals surface area contributed by atoms with Crippen molar-refractivity contribution in [3.05, 3.63) is 0 Å². The van der Waals surface area contributed by atoms with Gasteiger partial charge in [-0.15, -0.1) is 0 Å². The molecule has 1 aliphatic rings. The van der Waals surface area contributed by atoms with E-state index in [0.29, 0.717) is 12.8 Å². The topological polar surface area (TPSA) is 69.6 Å². The van der Waals surface area contributed by atoms with Crippen molar-refractivity contribution in [2.75, 3.05) is 0 Å². The lowest BCUT2D eigenvalue weighted by atomic mass is 10.1. The van der Waals surface area contributed by atoms with E-state index in [1.165, 1.54) is 0 Å². The Hall–Kier alpha value is -0.610. The number of rotatable bonds is 4. The Balaban J connectivity index is 2.45. The average molecular weight is 173 g/mol. The number of nitrogens with one attached hydrogen (secondary N) is 1. The van der Waals surface area contributed by atoms with Crippen LogP contribution in [0.4, 0.5) is 0 Å². The maximum absolute atomic E-state index is 10.7. The number of aliphatic carboxylic acids is 1. The van der Waals surface area contributed by atoms with E-state index < -0.39 is 17.6 Å². The minimum Gasteiger partial charge on any atom is -0.480 e.